The lowest BCUT2D eigenvalue weighted by Crippen LogP contribution is -2.34. The summed E-state index contributed by atoms with van der Waals surface area (Å²) in [6.45, 7) is 10.7. The Labute approximate surface area is 166 Å². The Hall–Kier alpha value is -2.60. The number of amides is 1. The van der Waals surface area contributed by atoms with Crippen LogP contribution >= 0.6 is 12.2 Å². The zero-order chi connectivity index (χ0) is 19.8. The van der Waals surface area contributed by atoms with Crippen LogP contribution in [0.15, 0.2) is 42.5 Å². The lowest BCUT2D eigenvalue weighted by atomic mass is 10.1. The third kappa shape index (κ3) is 5.69. The number of nitrogens with one attached hydrogen (secondary N) is 2. The molecule has 2 aromatic carbocycles. The Balaban J connectivity index is 2.03. The monoisotopic (exact) mass is 385 g/mol. The van der Waals surface area contributed by atoms with E-state index in [4.69, 9.17) is 17.0 Å². The van der Waals surface area contributed by atoms with Gasteiger partial charge in [0.05, 0.1) is 6.61 Å². The maximum atomic E-state index is 12.4. The average Bonchev–Trinajstić information content (AvgIpc) is 2.65. The predicted molar refractivity (Wildman–Crippen MR) is 116 cm³/mol. The molecule has 0 heterocycles. The molecule has 2 rings (SSSR count). The Morgan fingerprint density at radius 2 is 1.85 bits per heavy atom. The molecule has 0 saturated carbocycles. The Morgan fingerprint density at radius 1 is 1.11 bits per heavy atom. The number of hydrogen-bond donors (Lipinski definition) is 2. The number of aryl methyl sites for hydroxylation is 1. The van der Waals surface area contributed by atoms with Crippen LogP contribution in [0.5, 0.6) is 5.75 Å². The van der Waals surface area contributed by atoms with Crippen LogP contribution in [0.4, 0.5) is 11.4 Å². The molecule has 2 aromatic rings. The van der Waals surface area contributed by atoms with Crippen molar-refractivity contribution in [3.63, 3.8) is 0 Å². The van der Waals surface area contributed by atoms with E-state index in [9.17, 15) is 4.79 Å². The second-order valence-electron chi connectivity index (χ2n) is 6.04. The molecule has 1 amide bonds. The topological polar surface area (TPSA) is 53.6 Å². The lowest BCUT2D eigenvalue weighted by molar-refractivity contribution is 0.0977. The maximum absolute atomic E-state index is 12.4. The van der Waals surface area contributed by atoms with Gasteiger partial charge in [-0.1, -0.05) is 6.07 Å². The fourth-order valence-electron chi connectivity index (χ4n) is 2.80. The molecule has 5 nitrogen and oxygen atoms in total. The minimum Gasteiger partial charge on any atom is -0.494 e. The molecule has 0 fully saturated rings. The molecule has 0 spiro atoms. The number of nitrogens with zero attached hydrogens (tertiary/aromatic N) is 1. The highest BCUT2D eigenvalue weighted by Crippen LogP contribution is 2.22. The molecule has 0 aromatic heterocycles. The van der Waals surface area contributed by atoms with E-state index in [1.54, 1.807) is 18.2 Å². The van der Waals surface area contributed by atoms with E-state index >= 15 is 0 Å². The first kappa shape index (κ1) is 20.7. The zero-order valence-corrected chi connectivity index (χ0v) is 17.2. The number of hydrogen-bond acceptors (Lipinski definition) is 4. The molecule has 0 aliphatic rings. The van der Waals surface area contributed by atoms with Gasteiger partial charge in [0, 0.05) is 30.0 Å². The van der Waals surface area contributed by atoms with E-state index in [1.165, 1.54) is 5.69 Å². The van der Waals surface area contributed by atoms with Crippen LogP contribution < -0.4 is 20.3 Å². The van der Waals surface area contributed by atoms with E-state index < -0.39 is 0 Å². The van der Waals surface area contributed by atoms with Crippen molar-refractivity contribution in [3.8, 4) is 5.75 Å². The first-order chi connectivity index (χ1) is 13.0. The zero-order valence-electron chi connectivity index (χ0n) is 16.3. The quantitative estimate of drug-likeness (QED) is 0.693. The van der Waals surface area contributed by atoms with Gasteiger partial charge < -0.3 is 15.0 Å². The van der Waals surface area contributed by atoms with Crippen molar-refractivity contribution >= 4 is 34.6 Å². The van der Waals surface area contributed by atoms with E-state index in [0.717, 1.165) is 24.3 Å². The van der Waals surface area contributed by atoms with Gasteiger partial charge in [0.2, 0.25) is 0 Å². The first-order valence-electron chi connectivity index (χ1n) is 9.19. The molecule has 2 N–H and O–H groups in total. The summed E-state index contributed by atoms with van der Waals surface area (Å²) in [5.74, 6) is 0.387. The molecule has 6 heteroatoms. The van der Waals surface area contributed by atoms with Crippen molar-refractivity contribution in [1.29, 1.82) is 0 Å². The standard InChI is InChI=1S/C21H27N3O2S/c1-5-24(6-2)17-11-12-19(15(4)13-17)22-21(27)23-20(25)16-9-8-10-18(14-16)26-7-3/h8-14H,5-7H2,1-4H3,(H2,22,23,25,27). The molecule has 27 heavy (non-hydrogen) atoms. The molecule has 0 bridgehead atoms. The van der Waals surface area contributed by atoms with Crippen LogP contribution in [0.3, 0.4) is 0 Å². The van der Waals surface area contributed by atoms with Gasteiger partial charge in [-0.25, -0.2) is 0 Å². The summed E-state index contributed by atoms with van der Waals surface area (Å²) in [5.41, 5.74) is 3.61. The van der Waals surface area contributed by atoms with Crippen molar-refractivity contribution in [2.75, 3.05) is 29.9 Å². The highest BCUT2D eigenvalue weighted by Gasteiger charge is 2.11. The summed E-state index contributed by atoms with van der Waals surface area (Å²) in [5, 5.41) is 6.08. The number of carbonyl (C=O) groups excluding carboxylic acids is 1. The van der Waals surface area contributed by atoms with Gasteiger partial charge in [-0.3, -0.25) is 10.1 Å². The lowest BCUT2D eigenvalue weighted by Gasteiger charge is -2.22. The minimum atomic E-state index is -0.272. The van der Waals surface area contributed by atoms with Crippen LogP contribution in [0.25, 0.3) is 0 Å². The fourth-order valence-corrected chi connectivity index (χ4v) is 3.00. The van der Waals surface area contributed by atoms with Crippen molar-refractivity contribution in [1.82, 2.24) is 5.32 Å². The van der Waals surface area contributed by atoms with Crippen LogP contribution in [-0.2, 0) is 0 Å². The summed E-state index contributed by atoms with van der Waals surface area (Å²) >= 11 is 5.30. The second kappa shape index (κ2) is 9.92. The van der Waals surface area contributed by atoms with Gasteiger partial charge >= 0.3 is 0 Å². The largest absolute Gasteiger partial charge is 0.494 e. The molecule has 0 saturated heterocycles. The van der Waals surface area contributed by atoms with Crippen LogP contribution in [0.2, 0.25) is 0 Å². The van der Waals surface area contributed by atoms with Crippen molar-refractivity contribution < 1.29 is 9.53 Å². The number of carbonyl (C=O) groups is 1. The van der Waals surface area contributed by atoms with Gasteiger partial charge in [0.25, 0.3) is 5.91 Å². The van der Waals surface area contributed by atoms with Crippen LogP contribution in [0, 0.1) is 6.92 Å². The molecular weight excluding hydrogens is 358 g/mol. The molecule has 0 radical (unpaired) electrons. The summed E-state index contributed by atoms with van der Waals surface area (Å²) in [4.78, 5) is 14.7. The number of anilines is 2. The second-order valence-corrected chi connectivity index (χ2v) is 6.45. The highest BCUT2D eigenvalue weighted by atomic mass is 32.1. The van der Waals surface area contributed by atoms with Crippen LogP contribution in [0.1, 0.15) is 36.7 Å². The smallest absolute Gasteiger partial charge is 0.257 e. The molecule has 0 unspecified atom stereocenters. The fraction of sp³-hybridized carbons (Fsp3) is 0.333. The Kier molecular flexibility index (Phi) is 7.61. The predicted octanol–water partition coefficient (Wildman–Crippen LogP) is 4.37. The SMILES string of the molecule is CCOc1cccc(C(=O)NC(=S)Nc2ccc(N(CC)CC)cc2C)c1. The summed E-state index contributed by atoms with van der Waals surface area (Å²) in [6.07, 6.45) is 0. The molecule has 0 atom stereocenters. The molecule has 144 valence electrons. The Bertz CT molecular complexity index is 804. The summed E-state index contributed by atoms with van der Waals surface area (Å²) < 4.78 is 5.43. The normalized spacial score (nSPS) is 10.2. The molecular formula is C21H27N3O2S. The van der Waals surface area contributed by atoms with Gasteiger partial charge in [-0.15, -0.1) is 0 Å². The van der Waals surface area contributed by atoms with Gasteiger partial charge in [0.1, 0.15) is 5.75 Å². The van der Waals surface area contributed by atoms with Gasteiger partial charge in [-0.2, -0.15) is 0 Å². The minimum absolute atomic E-state index is 0.264. The Morgan fingerprint density at radius 3 is 2.48 bits per heavy atom. The molecule has 0 aliphatic carbocycles. The summed E-state index contributed by atoms with van der Waals surface area (Å²) in [7, 11) is 0. The third-order valence-corrected chi connectivity index (χ3v) is 4.43. The molecule has 0 aliphatic heterocycles. The van der Waals surface area contributed by atoms with E-state index in [1.807, 2.05) is 26.0 Å². The van der Waals surface area contributed by atoms with E-state index in [2.05, 4.69) is 41.5 Å². The number of ether oxygens (including phenoxy) is 1. The van der Waals surface area contributed by atoms with Crippen LogP contribution in [-0.4, -0.2) is 30.7 Å². The van der Waals surface area contributed by atoms with Crippen molar-refractivity contribution in [2.45, 2.75) is 27.7 Å². The average molecular weight is 386 g/mol. The first-order valence-corrected chi connectivity index (χ1v) is 9.60. The van der Waals surface area contributed by atoms with Crippen molar-refractivity contribution in [3.05, 3.63) is 53.6 Å². The highest BCUT2D eigenvalue weighted by molar-refractivity contribution is 7.80. The van der Waals surface area contributed by atoms with Gasteiger partial charge in [-0.05, 0) is 81.9 Å². The van der Waals surface area contributed by atoms with Crippen molar-refractivity contribution in [2.24, 2.45) is 0 Å². The van der Waals surface area contributed by atoms with E-state index in [0.29, 0.717) is 17.9 Å². The van der Waals surface area contributed by atoms with E-state index in [-0.39, 0.29) is 11.0 Å². The summed E-state index contributed by atoms with van der Waals surface area (Å²) in [6, 6.07) is 13.2. The number of thiocarbonyl (C=S) groups is 1. The number of rotatable bonds is 7. The maximum Gasteiger partial charge on any atom is 0.257 e. The van der Waals surface area contributed by atoms with Gasteiger partial charge in [0.15, 0.2) is 5.11 Å². The number of benzene rings is 2. The third-order valence-electron chi connectivity index (χ3n) is 4.22.